The van der Waals surface area contributed by atoms with Crippen LogP contribution >= 0.6 is 0 Å². The lowest BCUT2D eigenvalue weighted by Gasteiger charge is -2.35. The predicted molar refractivity (Wildman–Crippen MR) is 91.7 cm³/mol. The van der Waals surface area contributed by atoms with Gasteiger partial charge in [0.25, 0.3) is 0 Å². The molecule has 0 aliphatic carbocycles. The molecule has 1 heterocycles. The summed E-state index contributed by atoms with van der Waals surface area (Å²) in [5, 5.41) is 9.24. The Hall–Kier alpha value is -2.12. The fourth-order valence-electron chi connectivity index (χ4n) is 3.22. The van der Waals surface area contributed by atoms with Crippen molar-refractivity contribution in [2.24, 2.45) is 0 Å². The quantitative estimate of drug-likeness (QED) is 0.786. The highest BCUT2D eigenvalue weighted by atomic mass is 16.2. The number of amides is 1. The van der Waals surface area contributed by atoms with Gasteiger partial charge in [-0.2, -0.15) is 5.26 Å². The average molecular weight is 311 g/mol. The molecule has 0 radical (unpaired) electrons. The number of likely N-dealkylation sites (N-methyl/N-ethyl adjacent to an activating group) is 1. The highest BCUT2D eigenvalue weighted by Crippen LogP contribution is 2.21. The van der Waals surface area contributed by atoms with Gasteiger partial charge in [-0.05, 0) is 30.0 Å². The van der Waals surface area contributed by atoms with Crippen LogP contribution in [-0.2, 0) is 11.3 Å². The molecule has 2 rings (SSSR count). The number of rotatable bonds is 5. The maximum atomic E-state index is 11.7. The van der Waals surface area contributed by atoms with Crippen molar-refractivity contribution >= 4 is 5.91 Å². The van der Waals surface area contributed by atoms with Crippen molar-refractivity contribution in [2.45, 2.75) is 39.3 Å². The van der Waals surface area contributed by atoms with Crippen molar-refractivity contribution < 1.29 is 4.79 Å². The van der Waals surface area contributed by atoms with Gasteiger partial charge < -0.3 is 4.90 Å². The number of hydrogen-bond donors (Lipinski definition) is 0. The lowest BCUT2D eigenvalue weighted by Crippen LogP contribution is -2.41. The van der Waals surface area contributed by atoms with E-state index in [9.17, 15) is 10.1 Å². The first kappa shape index (κ1) is 17.2. The molecule has 1 aliphatic heterocycles. The summed E-state index contributed by atoms with van der Waals surface area (Å²) in [6, 6.07) is 10.2. The van der Waals surface area contributed by atoms with Gasteiger partial charge in [0.15, 0.2) is 0 Å². The molecular formula is C19H25N3O. The molecule has 23 heavy (non-hydrogen) atoms. The van der Waals surface area contributed by atoms with Gasteiger partial charge in [0.05, 0.1) is 17.7 Å². The van der Waals surface area contributed by atoms with Crippen molar-refractivity contribution in [3.63, 3.8) is 0 Å². The van der Waals surface area contributed by atoms with Crippen LogP contribution in [-0.4, -0.2) is 41.9 Å². The van der Waals surface area contributed by atoms with Crippen molar-refractivity contribution in [1.29, 1.82) is 5.26 Å². The molecule has 0 fully saturated rings. The van der Waals surface area contributed by atoms with Gasteiger partial charge in [0, 0.05) is 33.6 Å². The topological polar surface area (TPSA) is 47.3 Å². The van der Waals surface area contributed by atoms with Gasteiger partial charge >= 0.3 is 0 Å². The molecule has 1 amide bonds. The van der Waals surface area contributed by atoms with Crippen LogP contribution in [0.25, 0.3) is 0 Å². The molecule has 1 atom stereocenters. The van der Waals surface area contributed by atoms with E-state index in [1.807, 2.05) is 36.2 Å². The molecule has 1 unspecified atom stereocenters. The number of nitrogens with zero attached hydrogens (tertiary/aromatic N) is 3. The highest BCUT2D eigenvalue weighted by Gasteiger charge is 2.24. The van der Waals surface area contributed by atoms with Gasteiger partial charge in [0.1, 0.15) is 0 Å². The number of nitriles is 1. The zero-order chi connectivity index (χ0) is 16.8. The smallest absolute Gasteiger partial charge is 0.219 e. The monoisotopic (exact) mass is 311 g/mol. The first-order valence-electron chi connectivity index (χ1n) is 8.19. The fourth-order valence-corrected chi connectivity index (χ4v) is 3.22. The van der Waals surface area contributed by atoms with Crippen LogP contribution in [0.15, 0.2) is 35.9 Å². The molecule has 0 bridgehead atoms. The van der Waals surface area contributed by atoms with Crippen LogP contribution in [0.3, 0.4) is 0 Å². The molecule has 0 N–H and O–H groups in total. The van der Waals surface area contributed by atoms with Gasteiger partial charge in [-0.15, -0.1) is 0 Å². The zero-order valence-electron chi connectivity index (χ0n) is 14.2. The predicted octanol–water partition coefficient (Wildman–Crippen LogP) is 2.95. The Morgan fingerprint density at radius 3 is 2.83 bits per heavy atom. The van der Waals surface area contributed by atoms with Gasteiger partial charge in [-0.3, -0.25) is 9.69 Å². The number of carbonyl (C=O) groups is 1. The van der Waals surface area contributed by atoms with Crippen molar-refractivity contribution in [3.05, 3.63) is 47.0 Å². The SMILES string of the molecule is CCC(C1=CCCN(Cc2ccccc2C#N)C1)N(C)C(C)=O. The van der Waals surface area contributed by atoms with Crippen molar-refractivity contribution in [1.82, 2.24) is 9.80 Å². The van der Waals surface area contributed by atoms with E-state index < -0.39 is 0 Å². The summed E-state index contributed by atoms with van der Waals surface area (Å²) in [5.41, 5.74) is 3.13. The summed E-state index contributed by atoms with van der Waals surface area (Å²) < 4.78 is 0. The highest BCUT2D eigenvalue weighted by molar-refractivity contribution is 5.73. The molecule has 1 aromatic carbocycles. The third-order valence-corrected chi connectivity index (χ3v) is 4.57. The van der Waals surface area contributed by atoms with Crippen LogP contribution < -0.4 is 0 Å². The Morgan fingerprint density at radius 2 is 2.17 bits per heavy atom. The molecule has 0 saturated heterocycles. The number of hydrogen-bond acceptors (Lipinski definition) is 3. The number of carbonyl (C=O) groups excluding carboxylic acids is 1. The zero-order valence-corrected chi connectivity index (χ0v) is 14.2. The van der Waals surface area contributed by atoms with Crippen LogP contribution in [0.4, 0.5) is 0 Å². The van der Waals surface area contributed by atoms with E-state index in [1.54, 1.807) is 6.92 Å². The van der Waals surface area contributed by atoms with E-state index >= 15 is 0 Å². The Morgan fingerprint density at radius 1 is 1.43 bits per heavy atom. The molecule has 0 saturated carbocycles. The van der Waals surface area contributed by atoms with Gasteiger partial charge in [-0.25, -0.2) is 0 Å². The van der Waals surface area contributed by atoms with E-state index in [0.29, 0.717) is 0 Å². The second kappa shape index (κ2) is 7.94. The van der Waals surface area contributed by atoms with Gasteiger partial charge in [-0.1, -0.05) is 31.2 Å². The lowest BCUT2D eigenvalue weighted by molar-refractivity contribution is -0.129. The van der Waals surface area contributed by atoms with Crippen LogP contribution in [0, 0.1) is 11.3 Å². The largest absolute Gasteiger partial charge is 0.339 e. The maximum Gasteiger partial charge on any atom is 0.219 e. The van der Waals surface area contributed by atoms with E-state index in [4.69, 9.17) is 0 Å². The normalized spacial score (nSPS) is 16.3. The molecule has 4 nitrogen and oxygen atoms in total. The first-order valence-corrected chi connectivity index (χ1v) is 8.19. The molecule has 4 heteroatoms. The summed E-state index contributed by atoms with van der Waals surface area (Å²) in [5.74, 6) is 0.102. The second-order valence-corrected chi connectivity index (χ2v) is 6.10. The Balaban J connectivity index is 2.10. The molecular weight excluding hydrogens is 286 g/mol. The third-order valence-electron chi connectivity index (χ3n) is 4.57. The second-order valence-electron chi connectivity index (χ2n) is 6.10. The fraction of sp³-hybridized carbons (Fsp3) is 0.474. The number of benzene rings is 1. The minimum Gasteiger partial charge on any atom is -0.339 e. The summed E-state index contributed by atoms with van der Waals surface area (Å²) in [7, 11) is 1.88. The lowest BCUT2D eigenvalue weighted by atomic mass is 9.97. The van der Waals surface area contributed by atoms with Crippen molar-refractivity contribution in [3.8, 4) is 6.07 Å². The average Bonchev–Trinajstić information content (AvgIpc) is 2.56. The van der Waals surface area contributed by atoms with Gasteiger partial charge in [0.2, 0.25) is 5.91 Å². The van der Waals surface area contributed by atoms with E-state index in [2.05, 4.69) is 24.0 Å². The van der Waals surface area contributed by atoms with E-state index in [1.165, 1.54) is 5.57 Å². The third kappa shape index (κ3) is 4.20. The van der Waals surface area contributed by atoms with Crippen LogP contribution in [0.2, 0.25) is 0 Å². The summed E-state index contributed by atoms with van der Waals surface area (Å²) >= 11 is 0. The van der Waals surface area contributed by atoms with Crippen molar-refractivity contribution in [2.75, 3.05) is 20.1 Å². The van der Waals surface area contributed by atoms with E-state index in [0.717, 1.165) is 43.6 Å². The standard InChI is InChI=1S/C19H25N3O/c1-4-19(21(3)15(2)23)18-10-7-11-22(14-18)13-17-9-6-5-8-16(17)12-20/h5-6,8-10,19H,4,7,11,13-14H2,1-3H3. The van der Waals surface area contributed by atoms with Crippen LogP contribution in [0.5, 0.6) is 0 Å². The maximum absolute atomic E-state index is 11.7. The minimum absolute atomic E-state index is 0.102. The molecule has 0 aromatic heterocycles. The molecule has 122 valence electrons. The molecule has 1 aliphatic rings. The Bertz CT molecular complexity index is 630. The molecule has 1 aromatic rings. The van der Waals surface area contributed by atoms with Crippen LogP contribution in [0.1, 0.15) is 37.8 Å². The summed E-state index contributed by atoms with van der Waals surface area (Å²) in [6.45, 7) is 6.36. The Kier molecular flexibility index (Phi) is 5.95. The van der Waals surface area contributed by atoms with E-state index in [-0.39, 0.29) is 11.9 Å². The molecule has 0 spiro atoms. The summed E-state index contributed by atoms with van der Waals surface area (Å²) in [6.07, 6.45) is 4.19. The summed E-state index contributed by atoms with van der Waals surface area (Å²) in [4.78, 5) is 15.9. The minimum atomic E-state index is 0.102. The Labute approximate surface area is 139 Å². The first-order chi connectivity index (χ1) is 11.1.